The van der Waals surface area contributed by atoms with Gasteiger partial charge in [0.05, 0.1) is 5.02 Å². The van der Waals surface area contributed by atoms with Gasteiger partial charge in [-0.05, 0) is 18.6 Å². The lowest BCUT2D eigenvalue weighted by atomic mass is 10.1. The third kappa shape index (κ3) is 2.25. The Morgan fingerprint density at radius 3 is 2.85 bits per heavy atom. The number of benzene rings is 1. The van der Waals surface area contributed by atoms with Crippen molar-refractivity contribution in [3.8, 4) is 22.9 Å². The lowest BCUT2D eigenvalue weighted by Gasteiger charge is -2.08. The van der Waals surface area contributed by atoms with Crippen LogP contribution in [0.3, 0.4) is 0 Å². The number of aromatic nitrogens is 2. The molecule has 1 aliphatic rings. The molecule has 0 atom stereocenters. The van der Waals surface area contributed by atoms with E-state index in [9.17, 15) is 0 Å². The van der Waals surface area contributed by atoms with E-state index in [2.05, 4.69) is 22.2 Å². The summed E-state index contributed by atoms with van der Waals surface area (Å²) >= 11 is 6.20. The lowest BCUT2D eigenvalue weighted by Crippen LogP contribution is -2.00. The van der Waals surface area contributed by atoms with Gasteiger partial charge in [0, 0.05) is 24.4 Å². The zero-order valence-electron chi connectivity index (χ0n) is 11.2. The number of halogens is 1. The molecule has 0 unspecified atom stereocenters. The van der Waals surface area contributed by atoms with Gasteiger partial charge in [0.2, 0.25) is 6.79 Å². The number of hydrogen-bond acceptors (Lipinski definition) is 5. The summed E-state index contributed by atoms with van der Waals surface area (Å²) in [6.45, 7) is 2.24. The molecule has 1 N–H and O–H groups in total. The summed E-state index contributed by atoms with van der Waals surface area (Å²) in [6, 6.07) is 5.57. The van der Waals surface area contributed by atoms with E-state index < -0.39 is 0 Å². The summed E-state index contributed by atoms with van der Waals surface area (Å²) in [5.41, 5.74) is 1.78. The van der Waals surface area contributed by atoms with E-state index >= 15 is 0 Å². The van der Waals surface area contributed by atoms with Crippen LogP contribution in [0.1, 0.15) is 12.6 Å². The average Bonchev–Trinajstić information content (AvgIpc) is 2.95. The second kappa shape index (κ2) is 5.17. The molecule has 2 heterocycles. The molecule has 0 aliphatic carbocycles. The molecule has 0 amide bonds. The van der Waals surface area contributed by atoms with E-state index in [1.807, 2.05) is 19.2 Å². The number of fused-ring (bicyclic) bond motifs is 1. The van der Waals surface area contributed by atoms with Gasteiger partial charge in [0.15, 0.2) is 17.3 Å². The monoisotopic (exact) mass is 291 g/mol. The molecule has 0 saturated carbocycles. The Morgan fingerprint density at radius 2 is 2.10 bits per heavy atom. The van der Waals surface area contributed by atoms with Crippen molar-refractivity contribution < 1.29 is 9.47 Å². The van der Waals surface area contributed by atoms with E-state index in [4.69, 9.17) is 21.1 Å². The van der Waals surface area contributed by atoms with Crippen molar-refractivity contribution in [2.45, 2.75) is 13.3 Å². The summed E-state index contributed by atoms with van der Waals surface area (Å²) in [5, 5.41) is 3.54. The molecular weight excluding hydrogens is 278 g/mol. The fourth-order valence-electron chi connectivity index (χ4n) is 2.03. The number of rotatable bonds is 3. The van der Waals surface area contributed by atoms with Crippen molar-refractivity contribution >= 4 is 17.4 Å². The van der Waals surface area contributed by atoms with Gasteiger partial charge in [-0.1, -0.05) is 18.5 Å². The van der Waals surface area contributed by atoms with Gasteiger partial charge in [-0.15, -0.1) is 0 Å². The minimum atomic E-state index is 0.191. The van der Waals surface area contributed by atoms with Crippen LogP contribution in [0.25, 0.3) is 11.4 Å². The minimum Gasteiger partial charge on any atom is -0.454 e. The van der Waals surface area contributed by atoms with Crippen molar-refractivity contribution in [2.75, 3.05) is 19.2 Å². The highest BCUT2D eigenvalue weighted by Crippen LogP contribution is 2.41. The number of aryl methyl sites for hydroxylation is 1. The van der Waals surface area contributed by atoms with Gasteiger partial charge in [0.1, 0.15) is 5.82 Å². The second-order valence-corrected chi connectivity index (χ2v) is 4.77. The first-order valence-electron chi connectivity index (χ1n) is 6.36. The van der Waals surface area contributed by atoms with Gasteiger partial charge in [0.25, 0.3) is 0 Å². The van der Waals surface area contributed by atoms with Gasteiger partial charge in [-0.3, -0.25) is 0 Å². The molecule has 0 saturated heterocycles. The molecule has 20 heavy (non-hydrogen) atoms. The number of nitrogens with one attached hydrogen (secondary N) is 1. The summed E-state index contributed by atoms with van der Waals surface area (Å²) in [5.74, 6) is 2.61. The van der Waals surface area contributed by atoms with Gasteiger partial charge in [-0.2, -0.15) is 0 Å². The second-order valence-electron chi connectivity index (χ2n) is 4.36. The highest BCUT2D eigenvalue weighted by atomic mass is 35.5. The predicted octanol–water partition coefficient (Wildman–Crippen LogP) is 3.13. The molecule has 2 aromatic rings. The van der Waals surface area contributed by atoms with Crippen LogP contribution >= 0.6 is 11.6 Å². The smallest absolute Gasteiger partial charge is 0.231 e. The largest absolute Gasteiger partial charge is 0.454 e. The number of nitrogens with zero attached hydrogens (tertiary/aromatic N) is 2. The molecule has 0 bridgehead atoms. The van der Waals surface area contributed by atoms with Crippen LogP contribution in [0.2, 0.25) is 5.02 Å². The first kappa shape index (κ1) is 13.0. The van der Waals surface area contributed by atoms with Crippen LogP contribution in [0.4, 0.5) is 5.82 Å². The molecule has 5 nitrogen and oxygen atoms in total. The topological polar surface area (TPSA) is 56.3 Å². The lowest BCUT2D eigenvalue weighted by molar-refractivity contribution is 0.174. The molecule has 1 aromatic carbocycles. The fourth-order valence-corrected chi connectivity index (χ4v) is 2.30. The van der Waals surface area contributed by atoms with E-state index in [0.717, 1.165) is 23.5 Å². The van der Waals surface area contributed by atoms with E-state index in [-0.39, 0.29) is 6.79 Å². The molecule has 0 spiro atoms. The summed E-state index contributed by atoms with van der Waals surface area (Å²) in [7, 11) is 1.83. The normalized spacial score (nSPS) is 12.6. The Morgan fingerprint density at radius 1 is 1.25 bits per heavy atom. The van der Waals surface area contributed by atoms with Crippen molar-refractivity contribution in [3.63, 3.8) is 0 Å². The molecule has 1 aromatic heterocycles. The zero-order chi connectivity index (χ0) is 14.1. The van der Waals surface area contributed by atoms with Crippen LogP contribution in [0.5, 0.6) is 11.5 Å². The van der Waals surface area contributed by atoms with Crippen molar-refractivity contribution in [2.24, 2.45) is 0 Å². The van der Waals surface area contributed by atoms with Crippen LogP contribution in [0, 0.1) is 0 Å². The van der Waals surface area contributed by atoms with Crippen LogP contribution in [0.15, 0.2) is 18.2 Å². The van der Waals surface area contributed by atoms with E-state index in [1.165, 1.54) is 0 Å². The Labute approximate surface area is 121 Å². The van der Waals surface area contributed by atoms with Crippen molar-refractivity contribution in [1.82, 2.24) is 9.97 Å². The number of hydrogen-bond donors (Lipinski definition) is 1. The Kier molecular flexibility index (Phi) is 3.36. The molecule has 0 radical (unpaired) electrons. The van der Waals surface area contributed by atoms with E-state index in [1.54, 1.807) is 6.07 Å². The summed E-state index contributed by atoms with van der Waals surface area (Å²) < 4.78 is 10.7. The SMILES string of the molecule is CCc1cc(NC)nc(-c2cc(Cl)c3c(c2)OCO3)n1. The fraction of sp³-hybridized carbons (Fsp3) is 0.286. The quantitative estimate of drug-likeness (QED) is 0.941. The van der Waals surface area contributed by atoms with Crippen LogP contribution < -0.4 is 14.8 Å². The summed E-state index contributed by atoms with van der Waals surface area (Å²) in [6.07, 6.45) is 0.836. The Balaban J connectivity index is 2.11. The van der Waals surface area contributed by atoms with Crippen LogP contribution in [-0.4, -0.2) is 23.8 Å². The van der Waals surface area contributed by atoms with Gasteiger partial charge in [-0.25, -0.2) is 9.97 Å². The predicted molar refractivity (Wildman–Crippen MR) is 77.5 cm³/mol. The maximum atomic E-state index is 6.20. The van der Waals surface area contributed by atoms with Crippen LogP contribution in [-0.2, 0) is 6.42 Å². The van der Waals surface area contributed by atoms with E-state index in [0.29, 0.717) is 22.3 Å². The van der Waals surface area contributed by atoms with Crippen molar-refractivity contribution in [3.05, 3.63) is 28.9 Å². The zero-order valence-corrected chi connectivity index (χ0v) is 12.0. The standard InChI is InChI=1S/C14H14ClN3O2/c1-3-9-6-12(16-2)18-14(17-9)8-4-10(15)13-11(5-8)19-7-20-13/h4-6H,3,7H2,1-2H3,(H,16,17,18). The maximum absolute atomic E-state index is 6.20. The number of anilines is 1. The van der Waals surface area contributed by atoms with Crippen molar-refractivity contribution in [1.29, 1.82) is 0 Å². The maximum Gasteiger partial charge on any atom is 0.231 e. The van der Waals surface area contributed by atoms with Gasteiger partial charge >= 0.3 is 0 Å². The highest BCUT2D eigenvalue weighted by Gasteiger charge is 2.20. The third-order valence-electron chi connectivity index (χ3n) is 3.08. The minimum absolute atomic E-state index is 0.191. The van der Waals surface area contributed by atoms with Gasteiger partial charge < -0.3 is 14.8 Å². The Bertz CT molecular complexity index is 639. The molecule has 1 aliphatic heterocycles. The highest BCUT2D eigenvalue weighted by molar-refractivity contribution is 6.32. The number of ether oxygens (including phenoxy) is 2. The first-order valence-corrected chi connectivity index (χ1v) is 6.74. The average molecular weight is 292 g/mol. The molecule has 6 heteroatoms. The molecule has 3 rings (SSSR count). The molecular formula is C14H14ClN3O2. The Hall–Kier alpha value is -2.01. The molecule has 104 valence electrons. The first-order chi connectivity index (χ1) is 9.71. The molecule has 0 fully saturated rings. The third-order valence-corrected chi connectivity index (χ3v) is 3.36. The summed E-state index contributed by atoms with van der Waals surface area (Å²) in [4.78, 5) is 8.99.